The third-order valence-electron chi connectivity index (χ3n) is 5.26. The van der Waals surface area contributed by atoms with Crippen molar-refractivity contribution < 1.29 is 4.79 Å². The van der Waals surface area contributed by atoms with E-state index in [1.54, 1.807) is 21.6 Å². The summed E-state index contributed by atoms with van der Waals surface area (Å²) in [5.74, 6) is 2.02. The Hall–Kier alpha value is -1.95. The summed E-state index contributed by atoms with van der Waals surface area (Å²) in [6.45, 7) is 1.42. The zero-order chi connectivity index (χ0) is 20.1. The second kappa shape index (κ2) is 9.70. The van der Waals surface area contributed by atoms with Crippen molar-refractivity contribution in [3.63, 3.8) is 0 Å². The predicted molar refractivity (Wildman–Crippen MR) is 130 cm³/mol. The van der Waals surface area contributed by atoms with Crippen molar-refractivity contribution in [1.29, 1.82) is 0 Å². The Morgan fingerprint density at radius 3 is 2.34 bits per heavy atom. The van der Waals surface area contributed by atoms with Crippen LogP contribution in [0.1, 0.15) is 18.4 Å². The lowest BCUT2D eigenvalue weighted by Gasteiger charge is -2.14. The number of benzene rings is 4. The number of hydrogen-bond donors (Lipinski definition) is 2. The van der Waals surface area contributed by atoms with E-state index in [-0.39, 0.29) is 5.91 Å². The van der Waals surface area contributed by atoms with Gasteiger partial charge in [-0.05, 0) is 50.7 Å². The van der Waals surface area contributed by atoms with Crippen molar-refractivity contribution in [3.05, 3.63) is 60.2 Å². The number of nitrogens with one attached hydrogen (secondary N) is 1. The van der Waals surface area contributed by atoms with E-state index in [0.717, 1.165) is 30.9 Å². The van der Waals surface area contributed by atoms with Crippen molar-refractivity contribution in [1.82, 2.24) is 5.32 Å². The van der Waals surface area contributed by atoms with E-state index in [1.165, 1.54) is 37.9 Å². The fraction of sp³-hybridized carbons (Fsp3) is 0.292. The first-order valence-electron chi connectivity index (χ1n) is 10.1. The Balaban J connectivity index is 1.39. The normalized spacial score (nSPS) is 11.6. The number of amides is 1. The van der Waals surface area contributed by atoms with Crippen molar-refractivity contribution >= 4 is 59.8 Å². The fourth-order valence-electron chi connectivity index (χ4n) is 3.94. The molecule has 0 fully saturated rings. The van der Waals surface area contributed by atoms with Crippen LogP contribution in [0.15, 0.2) is 54.6 Å². The first kappa shape index (κ1) is 20.3. The molecule has 0 saturated carbocycles. The molecule has 5 heteroatoms. The Morgan fingerprint density at radius 1 is 0.862 bits per heavy atom. The zero-order valence-corrected chi connectivity index (χ0v) is 18.1. The van der Waals surface area contributed by atoms with Crippen LogP contribution in [-0.2, 0) is 11.2 Å². The molecule has 0 spiro atoms. The number of nitrogens with two attached hydrogens (primary N) is 1. The van der Waals surface area contributed by atoms with Crippen LogP contribution in [0.2, 0.25) is 0 Å². The van der Waals surface area contributed by atoms with Crippen LogP contribution in [0.25, 0.3) is 32.3 Å². The molecule has 0 aliphatic carbocycles. The molecule has 0 heterocycles. The molecule has 0 radical (unpaired) electrons. The summed E-state index contributed by atoms with van der Waals surface area (Å²) >= 11 is 0. The van der Waals surface area contributed by atoms with Gasteiger partial charge in [-0.15, -0.1) is 0 Å². The molecule has 0 atom stereocenters. The number of hydrogen-bond acceptors (Lipinski definition) is 4. The summed E-state index contributed by atoms with van der Waals surface area (Å²) in [6.07, 6.45) is 2.36. The second-order valence-electron chi connectivity index (χ2n) is 7.22. The van der Waals surface area contributed by atoms with Crippen molar-refractivity contribution in [2.24, 2.45) is 5.73 Å². The Kier molecular flexibility index (Phi) is 6.80. The van der Waals surface area contributed by atoms with Crippen LogP contribution in [0.5, 0.6) is 0 Å². The van der Waals surface area contributed by atoms with Gasteiger partial charge in [-0.25, -0.2) is 0 Å². The minimum atomic E-state index is 0.145. The third kappa shape index (κ3) is 4.63. The summed E-state index contributed by atoms with van der Waals surface area (Å²) < 4.78 is 0. The smallest absolute Gasteiger partial charge is 0.220 e. The van der Waals surface area contributed by atoms with Crippen LogP contribution in [-0.4, -0.2) is 30.5 Å². The first-order valence-corrected chi connectivity index (χ1v) is 12.6. The molecule has 0 unspecified atom stereocenters. The van der Waals surface area contributed by atoms with Gasteiger partial charge in [0.05, 0.1) is 0 Å². The summed E-state index contributed by atoms with van der Waals surface area (Å²) in [5, 5.41) is 10.9. The SMILES string of the molecule is NCCSSCCNC(=O)CCCc1ccc2ccc3cccc4ccc1c2c34. The summed E-state index contributed by atoms with van der Waals surface area (Å²) in [4.78, 5) is 12.1. The third-order valence-corrected chi connectivity index (χ3v) is 7.70. The van der Waals surface area contributed by atoms with Gasteiger partial charge in [0, 0.05) is 31.0 Å². The van der Waals surface area contributed by atoms with Gasteiger partial charge in [-0.2, -0.15) is 0 Å². The Labute approximate surface area is 179 Å². The molecule has 3 N–H and O–H groups in total. The lowest BCUT2D eigenvalue weighted by atomic mass is 9.90. The fourth-order valence-corrected chi connectivity index (χ4v) is 5.70. The monoisotopic (exact) mass is 422 g/mol. The van der Waals surface area contributed by atoms with Gasteiger partial charge in [0.2, 0.25) is 5.91 Å². The molecular weight excluding hydrogens is 396 g/mol. The second-order valence-corrected chi connectivity index (χ2v) is 9.92. The molecule has 29 heavy (non-hydrogen) atoms. The highest BCUT2D eigenvalue weighted by molar-refractivity contribution is 8.76. The van der Waals surface area contributed by atoms with Gasteiger partial charge < -0.3 is 11.1 Å². The number of aryl methyl sites for hydroxylation is 1. The largest absolute Gasteiger partial charge is 0.355 e. The van der Waals surface area contributed by atoms with E-state index in [4.69, 9.17) is 5.73 Å². The average Bonchev–Trinajstić information content (AvgIpc) is 2.75. The molecule has 150 valence electrons. The average molecular weight is 423 g/mol. The minimum absolute atomic E-state index is 0.145. The molecule has 3 nitrogen and oxygen atoms in total. The Morgan fingerprint density at radius 2 is 1.55 bits per heavy atom. The highest BCUT2D eigenvalue weighted by Gasteiger charge is 2.11. The van der Waals surface area contributed by atoms with E-state index in [2.05, 4.69) is 59.9 Å². The van der Waals surface area contributed by atoms with E-state index in [9.17, 15) is 4.79 Å². The van der Waals surface area contributed by atoms with Gasteiger partial charge in [-0.1, -0.05) is 76.2 Å². The zero-order valence-electron chi connectivity index (χ0n) is 16.4. The number of carbonyl (C=O) groups excluding carboxylic acids is 1. The standard InChI is InChI=1S/C24H26N2OS2/c25-13-15-28-29-16-14-26-22(27)6-2-3-17-7-8-20-10-9-18-4-1-5-19-11-12-21(17)24(20)23(18)19/h1,4-5,7-12H,2-3,6,13-16,25H2,(H,26,27). The summed E-state index contributed by atoms with van der Waals surface area (Å²) in [7, 11) is 3.53. The molecule has 1 amide bonds. The molecule has 4 rings (SSSR count). The molecule has 4 aromatic carbocycles. The lowest BCUT2D eigenvalue weighted by Crippen LogP contribution is -2.25. The maximum Gasteiger partial charge on any atom is 0.220 e. The van der Waals surface area contributed by atoms with E-state index in [1.807, 2.05) is 0 Å². The van der Waals surface area contributed by atoms with Crippen LogP contribution >= 0.6 is 21.6 Å². The number of carbonyl (C=O) groups is 1. The Bertz CT molecular complexity index is 1100. The molecule has 0 saturated heterocycles. The summed E-state index contributed by atoms with van der Waals surface area (Å²) in [5.41, 5.74) is 6.80. The number of rotatable bonds is 10. The van der Waals surface area contributed by atoms with Crippen LogP contribution < -0.4 is 11.1 Å². The molecule has 0 aliphatic heterocycles. The van der Waals surface area contributed by atoms with Crippen LogP contribution in [0.4, 0.5) is 0 Å². The minimum Gasteiger partial charge on any atom is -0.355 e. The highest BCUT2D eigenvalue weighted by Crippen LogP contribution is 2.36. The predicted octanol–water partition coefficient (Wildman–Crippen LogP) is 5.36. The molecule has 4 aromatic rings. The maximum atomic E-state index is 12.1. The quantitative estimate of drug-likeness (QED) is 0.205. The van der Waals surface area contributed by atoms with E-state index < -0.39 is 0 Å². The topological polar surface area (TPSA) is 55.1 Å². The highest BCUT2D eigenvalue weighted by atomic mass is 33.1. The maximum absolute atomic E-state index is 12.1. The van der Waals surface area contributed by atoms with Gasteiger partial charge in [-0.3, -0.25) is 4.79 Å². The van der Waals surface area contributed by atoms with Crippen LogP contribution in [0.3, 0.4) is 0 Å². The van der Waals surface area contributed by atoms with Crippen molar-refractivity contribution in [2.45, 2.75) is 19.3 Å². The van der Waals surface area contributed by atoms with Gasteiger partial charge in [0.25, 0.3) is 0 Å². The van der Waals surface area contributed by atoms with Gasteiger partial charge in [0.15, 0.2) is 0 Å². The lowest BCUT2D eigenvalue weighted by molar-refractivity contribution is -0.121. The molecule has 0 aliphatic rings. The van der Waals surface area contributed by atoms with Gasteiger partial charge >= 0.3 is 0 Å². The van der Waals surface area contributed by atoms with Crippen molar-refractivity contribution in [2.75, 3.05) is 24.6 Å². The van der Waals surface area contributed by atoms with E-state index in [0.29, 0.717) is 13.0 Å². The first-order chi connectivity index (χ1) is 14.3. The van der Waals surface area contributed by atoms with E-state index >= 15 is 0 Å². The molecule has 0 bridgehead atoms. The molecular formula is C24H26N2OS2. The molecule has 0 aromatic heterocycles. The van der Waals surface area contributed by atoms with Crippen molar-refractivity contribution in [3.8, 4) is 0 Å². The van der Waals surface area contributed by atoms with Crippen LogP contribution in [0, 0.1) is 0 Å². The summed E-state index contributed by atoms with van der Waals surface area (Å²) in [6, 6.07) is 19.8. The van der Waals surface area contributed by atoms with Gasteiger partial charge in [0.1, 0.15) is 0 Å².